The Hall–Kier alpha value is -1.61. The van der Waals surface area contributed by atoms with E-state index in [1.165, 1.54) is 10.9 Å². The minimum absolute atomic E-state index is 0.887. The topological polar surface area (TPSA) is 40.7 Å². The zero-order chi connectivity index (χ0) is 10.7. The predicted octanol–water partition coefficient (Wildman–Crippen LogP) is 2.10. The van der Waals surface area contributed by atoms with Crippen molar-refractivity contribution in [3.8, 4) is 0 Å². The van der Waals surface area contributed by atoms with Crippen molar-refractivity contribution in [3.05, 3.63) is 35.5 Å². The summed E-state index contributed by atoms with van der Waals surface area (Å²) in [4.78, 5) is 0. The fourth-order valence-corrected chi connectivity index (χ4v) is 1.58. The van der Waals surface area contributed by atoms with E-state index in [0.29, 0.717) is 0 Å². The molecule has 0 aliphatic carbocycles. The fourth-order valence-electron chi connectivity index (χ4n) is 1.58. The number of aryl methyl sites for hydroxylation is 1. The van der Waals surface area contributed by atoms with Crippen LogP contribution in [-0.2, 0) is 0 Å². The molecule has 0 aliphatic rings. The quantitative estimate of drug-likeness (QED) is 0.798. The Kier molecular flexibility index (Phi) is 2.83. The number of nitrogens with zero attached hydrogens (tertiary/aromatic N) is 1. The molecule has 3 nitrogen and oxygen atoms in total. The second-order valence-corrected chi connectivity index (χ2v) is 3.59. The van der Waals surface area contributed by atoms with Gasteiger partial charge in [-0.2, -0.15) is 5.10 Å². The summed E-state index contributed by atoms with van der Waals surface area (Å²) in [7, 11) is 1.94. The molecule has 3 heteroatoms. The highest BCUT2D eigenvalue weighted by Crippen LogP contribution is 2.17. The second-order valence-electron chi connectivity index (χ2n) is 3.59. The predicted molar refractivity (Wildman–Crippen MR) is 63.8 cm³/mol. The summed E-state index contributed by atoms with van der Waals surface area (Å²) in [5.74, 6) is 0. The molecule has 15 heavy (non-hydrogen) atoms. The van der Waals surface area contributed by atoms with Gasteiger partial charge in [-0.25, -0.2) is 0 Å². The van der Waals surface area contributed by atoms with Crippen molar-refractivity contribution in [3.63, 3.8) is 0 Å². The van der Waals surface area contributed by atoms with Crippen LogP contribution in [0.15, 0.2) is 24.3 Å². The van der Waals surface area contributed by atoms with Crippen molar-refractivity contribution >= 4 is 17.0 Å². The summed E-state index contributed by atoms with van der Waals surface area (Å²) in [6.07, 6.45) is 4.20. The molecule has 0 bridgehead atoms. The first kappa shape index (κ1) is 9.93. The lowest BCUT2D eigenvalue weighted by Crippen LogP contribution is -2.03. The van der Waals surface area contributed by atoms with Crippen LogP contribution in [0.2, 0.25) is 0 Å². The van der Waals surface area contributed by atoms with Gasteiger partial charge in [-0.1, -0.05) is 24.3 Å². The van der Waals surface area contributed by atoms with Gasteiger partial charge < -0.3 is 5.32 Å². The van der Waals surface area contributed by atoms with Gasteiger partial charge in [0, 0.05) is 17.6 Å². The number of nitrogens with one attached hydrogen (secondary N) is 2. The van der Waals surface area contributed by atoms with E-state index >= 15 is 0 Å². The molecule has 0 saturated heterocycles. The third-order valence-corrected chi connectivity index (χ3v) is 2.40. The zero-order valence-corrected chi connectivity index (χ0v) is 9.04. The number of hydrogen-bond acceptors (Lipinski definition) is 2. The van der Waals surface area contributed by atoms with Crippen LogP contribution < -0.4 is 5.32 Å². The smallest absolute Gasteiger partial charge is 0.0929 e. The van der Waals surface area contributed by atoms with E-state index < -0.39 is 0 Å². The van der Waals surface area contributed by atoms with Crippen LogP contribution >= 0.6 is 0 Å². The van der Waals surface area contributed by atoms with Crippen LogP contribution in [0.25, 0.3) is 17.0 Å². The molecule has 78 valence electrons. The number of benzene rings is 1. The van der Waals surface area contributed by atoms with Crippen molar-refractivity contribution in [2.24, 2.45) is 0 Å². The number of fused-ring (bicyclic) bond motifs is 1. The molecule has 0 spiro atoms. The third kappa shape index (κ3) is 2.07. The Balaban J connectivity index is 2.31. The highest BCUT2D eigenvalue weighted by atomic mass is 15.1. The minimum Gasteiger partial charge on any atom is -0.316 e. The molecule has 1 aromatic carbocycles. The first-order valence-electron chi connectivity index (χ1n) is 5.07. The Morgan fingerprint density at radius 2 is 2.33 bits per heavy atom. The third-order valence-electron chi connectivity index (χ3n) is 2.40. The molecule has 0 aliphatic heterocycles. The monoisotopic (exact) mass is 201 g/mol. The summed E-state index contributed by atoms with van der Waals surface area (Å²) in [5.41, 5.74) is 3.33. The summed E-state index contributed by atoms with van der Waals surface area (Å²) >= 11 is 0. The first-order valence-corrected chi connectivity index (χ1v) is 5.07. The van der Waals surface area contributed by atoms with Crippen LogP contribution in [0, 0.1) is 6.92 Å². The lowest BCUT2D eigenvalue weighted by Gasteiger charge is -1.94. The second kappa shape index (κ2) is 4.28. The van der Waals surface area contributed by atoms with Crippen LogP contribution in [0.5, 0.6) is 0 Å². The number of likely N-dealkylation sites (N-methyl/N-ethyl adjacent to an activating group) is 1. The lowest BCUT2D eigenvalue weighted by atomic mass is 10.1. The number of H-pyrrole nitrogens is 1. The van der Waals surface area contributed by atoms with E-state index in [0.717, 1.165) is 17.8 Å². The van der Waals surface area contributed by atoms with Crippen molar-refractivity contribution in [1.82, 2.24) is 15.5 Å². The van der Waals surface area contributed by atoms with Crippen LogP contribution in [0.1, 0.15) is 11.3 Å². The summed E-state index contributed by atoms with van der Waals surface area (Å²) in [6.45, 7) is 2.92. The van der Waals surface area contributed by atoms with Crippen molar-refractivity contribution in [2.45, 2.75) is 6.92 Å². The van der Waals surface area contributed by atoms with Crippen molar-refractivity contribution < 1.29 is 0 Å². The maximum Gasteiger partial charge on any atom is 0.0929 e. The van der Waals surface area contributed by atoms with Gasteiger partial charge in [0.05, 0.1) is 5.52 Å². The maximum absolute atomic E-state index is 4.23. The zero-order valence-electron chi connectivity index (χ0n) is 9.04. The van der Waals surface area contributed by atoms with Gasteiger partial charge in [-0.05, 0) is 25.6 Å². The number of rotatable bonds is 3. The van der Waals surface area contributed by atoms with E-state index in [4.69, 9.17) is 0 Å². The Labute approximate surface area is 89.2 Å². The van der Waals surface area contributed by atoms with Gasteiger partial charge in [0.2, 0.25) is 0 Å². The SMILES string of the molecule is CNCC=Cc1ccc2c(C)[nH]nc2c1. The summed E-state index contributed by atoms with van der Waals surface area (Å²) < 4.78 is 0. The van der Waals surface area contributed by atoms with Crippen LogP contribution in [-0.4, -0.2) is 23.8 Å². The Morgan fingerprint density at radius 3 is 3.13 bits per heavy atom. The molecule has 0 radical (unpaired) electrons. The largest absolute Gasteiger partial charge is 0.316 e. The van der Waals surface area contributed by atoms with Crippen LogP contribution in [0.4, 0.5) is 0 Å². The molecule has 0 atom stereocenters. The molecular formula is C12H15N3. The molecule has 1 heterocycles. The average Bonchev–Trinajstić information content (AvgIpc) is 2.61. The summed E-state index contributed by atoms with van der Waals surface area (Å²) in [6, 6.07) is 6.30. The van der Waals surface area contributed by atoms with Gasteiger partial charge in [0.1, 0.15) is 0 Å². The summed E-state index contributed by atoms with van der Waals surface area (Å²) in [5, 5.41) is 11.5. The van der Waals surface area contributed by atoms with E-state index in [1.807, 2.05) is 14.0 Å². The minimum atomic E-state index is 0.887. The van der Waals surface area contributed by atoms with E-state index in [-0.39, 0.29) is 0 Å². The molecule has 0 unspecified atom stereocenters. The van der Waals surface area contributed by atoms with Crippen molar-refractivity contribution in [1.29, 1.82) is 0 Å². The first-order chi connectivity index (χ1) is 7.31. The van der Waals surface area contributed by atoms with E-state index in [2.05, 4.69) is 45.9 Å². The standard InChI is InChI=1S/C12H15N3/c1-9-11-6-5-10(4-3-7-13-2)8-12(11)15-14-9/h3-6,8,13H,7H2,1-2H3,(H,14,15). The molecular weight excluding hydrogens is 186 g/mol. The lowest BCUT2D eigenvalue weighted by molar-refractivity contribution is 0.922. The molecule has 2 aromatic rings. The molecule has 0 fully saturated rings. The van der Waals surface area contributed by atoms with Crippen molar-refractivity contribution in [2.75, 3.05) is 13.6 Å². The number of aromatic amines is 1. The fraction of sp³-hybridized carbons (Fsp3) is 0.250. The van der Waals surface area contributed by atoms with Crippen LogP contribution in [0.3, 0.4) is 0 Å². The highest BCUT2D eigenvalue weighted by Gasteiger charge is 2.00. The van der Waals surface area contributed by atoms with Gasteiger partial charge in [-0.15, -0.1) is 0 Å². The molecule has 1 aromatic heterocycles. The van der Waals surface area contributed by atoms with Gasteiger partial charge >= 0.3 is 0 Å². The normalized spacial score (nSPS) is 11.6. The average molecular weight is 201 g/mol. The van der Waals surface area contributed by atoms with E-state index in [1.54, 1.807) is 0 Å². The Bertz CT molecular complexity index is 483. The van der Waals surface area contributed by atoms with E-state index in [9.17, 15) is 0 Å². The van der Waals surface area contributed by atoms with Gasteiger partial charge in [0.15, 0.2) is 0 Å². The number of aromatic nitrogens is 2. The highest BCUT2D eigenvalue weighted by molar-refractivity contribution is 5.83. The Morgan fingerprint density at radius 1 is 1.47 bits per heavy atom. The molecule has 2 rings (SSSR count). The van der Waals surface area contributed by atoms with Gasteiger partial charge in [-0.3, -0.25) is 5.10 Å². The molecule has 0 amide bonds. The number of hydrogen-bond donors (Lipinski definition) is 2. The maximum atomic E-state index is 4.23. The molecule has 0 saturated carbocycles. The van der Waals surface area contributed by atoms with Gasteiger partial charge in [0.25, 0.3) is 0 Å². The molecule has 2 N–H and O–H groups in total.